The van der Waals surface area contributed by atoms with Crippen LogP contribution < -0.4 is 10.6 Å². The summed E-state index contributed by atoms with van der Waals surface area (Å²) in [4.78, 5) is 4.28. The minimum atomic E-state index is -4.35. The molecule has 0 unspecified atom stereocenters. The van der Waals surface area contributed by atoms with Gasteiger partial charge in [-0.25, -0.2) is 0 Å². The second-order valence-corrected chi connectivity index (χ2v) is 5.49. The van der Waals surface area contributed by atoms with E-state index in [1.165, 1.54) is 31.2 Å². The Morgan fingerprint density at radius 2 is 1.74 bits per heavy atom. The fourth-order valence-electron chi connectivity index (χ4n) is 2.58. The lowest BCUT2D eigenvalue weighted by Crippen LogP contribution is -2.16. The molecule has 1 aliphatic carbocycles. The third-order valence-corrected chi connectivity index (χ3v) is 3.73. The molecular formula is C15H16F3N5. The van der Waals surface area contributed by atoms with Gasteiger partial charge in [0.15, 0.2) is 5.82 Å². The third kappa shape index (κ3) is 4.08. The number of alkyl halides is 3. The molecule has 2 aromatic rings. The average molecular weight is 323 g/mol. The number of aromatic nitrogens is 3. The Bertz CT molecular complexity index is 651. The van der Waals surface area contributed by atoms with Gasteiger partial charge in [-0.3, -0.25) is 0 Å². The first-order chi connectivity index (χ1) is 11.0. The van der Waals surface area contributed by atoms with Gasteiger partial charge in [0.05, 0.1) is 11.8 Å². The van der Waals surface area contributed by atoms with E-state index in [0.717, 1.165) is 25.0 Å². The van der Waals surface area contributed by atoms with Gasteiger partial charge in [-0.1, -0.05) is 12.8 Å². The van der Waals surface area contributed by atoms with E-state index in [0.29, 0.717) is 17.5 Å². The number of hydrogen-bond donors (Lipinski definition) is 2. The largest absolute Gasteiger partial charge is 0.416 e. The summed E-state index contributed by atoms with van der Waals surface area (Å²) in [6.45, 7) is 0. The van der Waals surface area contributed by atoms with Crippen LogP contribution in [0.15, 0.2) is 30.5 Å². The summed E-state index contributed by atoms with van der Waals surface area (Å²) in [5, 5.41) is 13.9. The van der Waals surface area contributed by atoms with E-state index in [1.807, 2.05) is 0 Å². The van der Waals surface area contributed by atoms with Gasteiger partial charge in [0.1, 0.15) is 0 Å². The molecule has 1 aliphatic rings. The van der Waals surface area contributed by atoms with Crippen molar-refractivity contribution in [3.8, 4) is 0 Å². The van der Waals surface area contributed by atoms with Crippen molar-refractivity contribution >= 4 is 17.5 Å². The maximum Gasteiger partial charge on any atom is 0.416 e. The first-order valence-corrected chi connectivity index (χ1v) is 7.41. The highest BCUT2D eigenvalue weighted by Crippen LogP contribution is 2.30. The Balaban J connectivity index is 1.67. The van der Waals surface area contributed by atoms with Crippen molar-refractivity contribution in [1.82, 2.24) is 15.2 Å². The summed E-state index contributed by atoms with van der Waals surface area (Å²) in [6.07, 6.45) is 1.80. The van der Waals surface area contributed by atoms with Crippen molar-refractivity contribution in [3.05, 3.63) is 36.0 Å². The zero-order valence-electron chi connectivity index (χ0n) is 12.3. The Morgan fingerprint density at radius 1 is 1.04 bits per heavy atom. The van der Waals surface area contributed by atoms with Crippen molar-refractivity contribution in [2.75, 3.05) is 10.6 Å². The highest BCUT2D eigenvalue weighted by atomic mass is 19.4. The molecular weight excluding hydrogens is 307 g/mol. The quantitative estimate of drug-likeness (QED) is 0.891. The van der Waals surface area contributed by atoms with Crippen LogP contribution in [0.2, 0.25) is 0 Å². The van der Waals surface area contributed by atoms with Gasteiger partial charge in [-0.05, 0) is 37.1 Å². The molecule has 1 aromatic carbocycles. The van der Waals surface area contributed by atoms with Gasteiger partial charge in [-0.15, -0.1) is 5.10 Å². The molecule has 3 rings (SSSR count). The van der Waals surface area contributed by atoms with Gasteiger partial charge < -0.3 is 10.6 Å². The fraction of sp³-hybridized carbons (Fsp3) is 0.400. The number of nitrogens with zero attached hydrogens (tertiary/aromatic N) is 3. The van der Waals surface area contributed by atoms with Crippen LogP contribution in [0.5, 0.6) is 0 Å². The maximum absolute atomic E-state index is 12.5. The lowest BCUT2D eigenvalue weighted by Gasteiger charge is -2.13. The highest BCUT2D eigenvalue weighted by Gasteiger charge is 2.29. The van der Waals surface area contributed by atoms with Crippen molar-refractivity contribution < 1.29 is 13.2 Å². The first-order valence-electron chi connectivity index (χ1n) is 7.41. The summed E-state index contributed by atoms with van der Waals surface area (Å²) < 4.78 is 37.6. The van der Waals surface area contributed by atoms with Gasteiger partial charge in [-0.2, -0.15) is 23.3 Å². The molecule has 0 atom stereocenters. The van der Waals surface area contributed by atoms with Crippen LogP contribution in [-0.2, 0) is 6.18 Å². The zero-order valence-corrected chi connectivity index (χ0v) is 12.3. The molecule has 1 aromatic heterocycles. The molecule has 1 heterocycles. The number of nitrogens with one attached hydrogen (secondary N) is 2. The predicted molar refractivity (Wildman–Crippen MR) is 80.4 cm³/mol. The lowest BCUT2D eigenvalue weighted by molar-refractivity contribution is -0.137. The van der Waals surface area contributed by atoms with Gasteiger partial charge in [0.2, 0.25) is 5.95 Å². The Labute approximate surface area is 131 Å². The van der Waals surface area contributed by atoms with E-state index in [2.05, 4.69) is 25.8 Å². The van der Waals surface area contributed by atoms with Crippen LogP contribution in [0.25, 0.3) is 0 Å². The van der Waals surface area contributed by atoms with E-state index in [-0.39, 0.29) is 5.95 Å². The monoisotopic (exact) mass is 323 g/mol. The standard InChI is InChI=1S/C15H16F3N5/c16-15(17,18)10-5-7-12(8-6-10)21-14-22-13(9-19-23-14)20-11-3-1-2-4-11/h5-9,11H,1-4H2,(H2,20,21,22,23). The maximum atomic E-state index is 12.5. The van der Waals surface area contributed by atoms with E-state index in [1.54, 1.807) is 0 Å². The van der Waals surface area contributed by atoms with Gasteiger partial charge >= 0.3 is 6.18 Å². The molecule has 8 heteroatoms. The smallest absolute Gasteiger partial charge is 0.366 e. The minimum Gasteiger partial charge on any atom is -0.366 e. The van der Waals surface area contributed by atoms with Crippen LogP contribution in [0.1, 0.15) is 31.2 Å². The number of hydrogen-bond acceptors (Lipinski definition) is 5. The Hall–Kier alpha value is -2.38. The van der Waals surface area contributed by atoms with Gasteiger partial charge in [0, 0.05) is 11.7 Å². The van der Waals surface area contributed by atoms with Crippen molar-refractivity contribution in [3.63, 3.8) is 0 Å². The molecule has 0 spiro atoms. The fourth-order valence-corrected chi connectivity index (χ4v) is 2.58. The minimum absolute atomic E-state index is 0.243. The van der Waals surface area contributed by atoms with E-state index in [4.69, 9.17) is 0 Å². The van der Waals surface area contributed by atoms with Gasteiger partial charge in [0.25, 0.3) is 0 Å². The number of rotatable bonds is 4. The number of anilines is 3. The Kier molecular flexibility index (Phi) is 4.31. The molecule has 0 radical (unpaired) electrons. The molecule has 1 fully saturated rings. The highest BCUT2D eigenvalue weighted by molar-refractivity contribution is 5.54. The molecule has 2 N–H and O–H groups in total. The van der Waals surface area contributed by atoms with Crippen molar-refractivity contribution in [2.45, 2.75) is 37.9 Å². The first kappa shape index (κ1) is 15.5. The molecule has 122 valence electrons. The molecule has 0 aliphatic heterocycles. The van der Waals surface area contributed by atoms with Crippen molar-refractivity contribution in [1.29, 1.82) is 0 Å². The molecule has 0 saturated heterocycles. The second kappa shape index (κ2) is 6.39. The molecule has 0 amide bonds. The average Bonchev–Trinajstić information content (AvgIpc) is 3.00. The third-order valence-electron chi connectivity index (χ3n) is 3.73. The summed E-state index contributed by atoms with van der Waals surface area (Å²) in [7, 11) is 0. The van der Waals surface area contributed by atoms with Crippen LogP contribution in [0.3, 0.4) is 0 Å². The molecule has 23 heavy (non-hydrogen) atoms. The summed E-state index contributed by atoms with van der Waals surface area (Å²) >= 11 is 0. The van der Waals surface area contributed by atoms with Crippen LogP contribution in [-0.4, -0.2) is 21.2 Å². The summed E-state index contributed by atoms with van der Waals surface area (Å²) in [6, 6.07) is 5.09. The second-order valence-electron chi connectivity index (χ2n) is 5.49. The Morgan fingerprint density at radius 3 is 2.39 bits per heavy atom. The normalized spacial score (nSPS) is 15.6. The summed E-state index contributed by atoms with van der Waals surface area (Å²) in [5.41, 5.74) is -0.225. The lowest BCUT2D eigenvalue weighted by atomic mass is 10.2. The van der Waals surface area contributed by atoms with E-state index in [9.17, 15) is 13.2 Å². The number of benzene rings is 1. The molecule has 0 bridgehead atoms. The molecule has 5 nitrogen and oxygen atoms in total. The van der Waals surface area contributed by atoms with Crippen LogP contribution in [0, 0.1) is 0 Å². The van der Waals surface area contributed by atoms with E-state index >= 15 is 0 Å². The van der Waals surface area contributed by atoms with E-state index < -0.39 is 11.7 Å². The topological polar surface area (TPSA) is 62.7 Å². The van der Waals surface area contributed by atoms with Crippen molar-refractivity contribution in [2.24, 2.45) is 0 Å². The number of halogens is 3. The zero-order chi connectivity index (χ0) is 16.3. The predicted octanol–water partition coefficient (Wildman–Crippen LogP) is 3.99. The van der Waals surface area contributed by atoms with Crippen LogP contribution in [0.4, 0.5) is 30.6 Å². The SMILES string of the molecule is FC(F)(F)c1ccc(Nc2nncc(NC3CCCC3)n2)cc1. The van der Waals surface area contributed by atoms with Crippen LogP contribution >= 0.6 is 0 Å². The summed E-state index contributed by atoms with van der Waals surface area (Å²) in [5.74, 6) is 0.856. The molecule has 1 saturated carbocycles.